The van der Waals surface area contributed by atoms with E-state index in [1.807, 2.05) is 37.3 Å². The van der Waals surface area contributed by atoms with E-state index in [-0.39, 0.29) is 11.5 Å². The molecule has 0 saturated carbocycles. The summed E-state index contributed by atoms with van der Waals surface area (Å²) >= 11 is 0.786. The van der Waals surface area contributed by atoms with E-state index in [0.717, 1.165) is 38.6 Å². The number of nitrogens with zero attached hydrogens (tertiary/aromatic N) is 1. The molecule has 0 bridgehead atoms. The van der Waals surface area contributed by atoms with Gasteiger partial charge in [0.05, 0.1) is 18.1 Å². The number of esters is 1. The first-order chi connectivity index (χ1) is 18.4. The Kier molecular flexibility index (Phi) is 8.86. The number of rotatable bonds is 11. The Hall–Kier alpha value is -4.04. The minimum atomic E-state index is -0.629. The Morgan fingerprint density at radius 3 is 2.55 bits per heavy atom. The summed E-state index contributed by atoms with van der Waals surface area (Å²) in [6, 6.07) is 17.9. The minimum Gasteiger partial charge on any atom is -0.490 e. The van der Waals surface area contributed by atoms with Crippen molar-refractivity contribution in [1.29, 1.82) is 0 Å². The third-order valence-electron chi connectivity index (χ3n) is 5.83. The summed E-state index contributed by atoms with van der Waals surface area (Å²) in [5.41, 5.74) is 2.56. The zero-order chi connectivity index (χ0) is 27.1. The molecule has 0 unspecified atom stereocenters. The zero-order valence-corrected chi connectivity index (χ0v) is 22.2. The number of carbonyl (C=O) groups is 3. The number of thioether (sulfide) groups is 1. The number of benzene rings is 3. The largest absolute Gasteiger partial charge is 0.490 e. The number of fused-ring (bicyclic) bond motifs is 1. The molecule has 3 aromatic rings. The second kappa shape index (κ2) is 12.5. The third-order valence-corrected chi connectivity index (χ3v) is 6.74. The predicted molar refractivity (Wildman–Crippen MR) is 149 cm³/mol. The van der Waals surface area contributed by atoms with Gasteiger partial charge in [-0.1, -0.05) is 48.5 Å². The van der Waals surface area contributed by atoms with Crippen LogP contribution in [0.4, 0.5) is 4.79 Å². The molecule has 0 spiro atoms. The Labute approximate surface area is 226 Å². The van der Waals surface area contributed by atoms with Crippen LogP contribution in [0.3, 0.4) is 0 Å². The zero-order valence-electron chi connectivity index (χ0n) is 21.4. The number of carbonyl (C=O) groups excluding carboxylic acids is 3. The van der Waals surface area contributed by atoms with Gasteiger partial charge in [0, 0.05) is 5.56 Å². The average molecular weight is 532 g/mol. The van der Waals surface area contributed by atoms with Gasteiger partial charge in [0.2, 0.25) is 0 Å². The van der Waals surface area contributed by atoms with Gasteiger partial charge in [-0.25, -0.2) is 0 Å². The summed E-state index contributed by atoms with van der Waals surface area (Å²) < 4.78 is 17.1. The molecule has 38 heavy (non-hydrogen) atoms. The van der Waals surface area contributed by atoms with Crippen molar-refractivity contribution in [2.45, 2.75) is 26.9 Å². The van der Waals surface area contributed by atoms with Crippen molar-refractivity contribution in [1.82, 2.24) is 4.90 Å². The summed E-state index contributed by atoms with van der Waals surface area (Å²) in [6.45, 7) is 7.94. The lowest BCUT2D eigenvalue weighted by atomic mass is 10.0. The molecule has 3 aromatic carbocycles. The number of hydrogen-bond donors (Lipinski definition) is 0. The highest BCUT2D eigenvalue weighted by atomic mass is 32.2. The first-order valence-corrected chi connectivity index (χ1v) is 13.2. The molecule has 0 N–H and O–H groups in total. The van der Waals surface area contributed by atoms with Gasteiger partial charge in [0.1, 0.15) is 13.2 Å². The highest BCUT2D eigenvalue weighted by Gasteiger charge is 2.36. The van der Waals surface area contributed by atoms with Gasteiger partial charge < -0.3 is 14.2 Å². The molecule has 0 aliphatic carbocycles. The van der Waals surface area contributed by atoms with E-state index >= 15 is 0 Å². The molecule has 1 fully saturated rings. The van der Waals surface area contributed by atoms with E-state index < -0.39 is 23.7 Å². The molecule has 4 rings (SSSR count). The van der Waals surface area contributed by atoms with Crippen molar-refractivity contribution < 1.29 is 28.6 Å². The molecule has 0 atom stereocenters. The van der Waals surface area contributed by atoms with Crippen molar-refractivity contribution in [3.63, 3.8) is 0 Å². The van der Waals surface area contributed by atoms with Crippen LogP contribution in [0.15, 0.2) is 72.2 Å². The van der Waals surface area contributed by atoms with Crippen molar-refractivity contribution in [2.24, 2.45) is 0 Å². The normalized spacial score (nSPS) is 14.3. The summed E-state index contributed by atoms with van der Waals surface area (Å²) in [7, 11) is 0. The lowest BCUT2D eigenvalue weighted by molar-refractivity contribution is -0.145. The topological polar surface area (TPSA) is 82.1 Å². The molecule has 1 aliphatic heterocycles. The van der Waals surface area contributed by atoms with Crippen molar-refractivity contribution >= 4 is 45.7 Å². The molecular weight excluding hydrogens is 502 g/mol. The maximum Gasteiger partial charge on any atom is 0.326 e. The Balaban J connectivity index is 1.64. The lowest BCUT2D eigenvalue weighted by Gasteiger charge is -2.17. The van der Waals surface area contributed by atoms with Crippen LogP contribution in [0.25, 0.3) is 16.8 Å². The molecule has 8 heteroatoms. The van der Waals surface area contributed by atoms with Crippen molar-refractivity contribution in [2.75, 3.05) is 19.8 Å². The van der Waals surface area contributed by atoms with Gasteiger partial charge in [0.15, 0.2) is 11.5 Å². The standard InChI is InChI=1S/C30H29NO6S/c1-4-10-22-15-20(17-26-29(33)31(30(34)38-26)18-27(32)36-6-3)16-25(35-5-2)28(22)37-19-23-13-9-12-21-11-7-8-14-24(21)23/h4,7-9,11-17H,1,5-6,10,18-19H2,2-3H3/b26-17+. The summed E-state index contributed by atoms with van der Waals surface area (Å²) in [5.74, 6) is -0.0282. The number of amides is 2. The molecule has 196 valence electrons. The molecule has 0 aromatic heterocycles. The molecule has 0 radical (unpaired) electrons. The van der Waals surface area contributed by atoms with Gasteiger partial charge in [-0.15, -0.1) is 6.58 Å². The van der Waals surface area contributed by atoms with Gasteiger partial charge in [-0.05, 0) is 72.1 Å². The molecule has 1 aliphatic rings. The van der Waals surface area contributed by atoms with E-state index in [0.29, 0.717) is 36.7 Å². The van der Waals surface area contributed by atoms with E-state index in [9.17, 15) is 14.4 Å². The monoisotopic (exact) mass is 531 g/mol. The molecule has 1 heterocycles. The third kappa shape index (κ3) is 6.08. The lowest BCUT2D eigenvalue weighted by Crippen LogP contribution is -2.34. The maximum atomic E-state index is 12.9. The number of allylic oxidation sites excluding steroid dienone is 1. The SMILES string of the molecule is C=CCc1cc(/C=C2/SC(=O)N(CC(=O)OCC)C2=O)cc(OCC)c1OCc1cccc2ccccc12. The summed E-state index contributed by atoms with van der Waals surface area (Å²) in [6.07, 6.45) is 3.91. The van der Waals surface area contributed by atoms with E-state index in [2.05, 4.69) is 24.8 Å². The Morgan fingerprint density at radius 1 is 1.00 bits per heavy atom. The number of imide groups is 1. The van der Waals surface area contributed by atoms with E-state index in [4.69, 9.17) is 14.2 Å². The summed E-state index contributed by atoms with van der Waals surface area (Å²) in [5, 5.41) is 1.74. The molecule has 1 saturated heterocycles. The van der Waals surface area contributed by atoms with Crippen LogP contribution in [0.1, 0.15) is 30.5 Å². The number of ether oxygens (including phenoxy) is 3. The number of hydrogen-bond acceptors (Lipinski definition) is 7. The highest BCUT2D eigenvalue weighted by Crippen LogP contribution is 2.38. The fraction of sp³-hybridized carbons (Fsp3) is 0.233. The van der Waals surface area contributed by atoms with Gasteiger partial charge in [-0.3, -0.25) is 19.3 Å². The van der Waals surface area contributed by atoms with Gasteiger partial charge in [0.25, 0.3) is 11.1 Å². The van der Waals surface area contributed by atoms with Crippen LogP contribution in [0.2, 0.25) is 0 Å². The van der Waals surface area contributed by atoms with Crippen molar-refractivity contribution in [3.05, 3.63) is 88.8 Å². The van der Waals surface area contributed by atoms with Crippen LogP contribution in [0, 0.1) is 0 Å². The van der Waals surface area contributed by atoms with Crippen LogP contribution in [-0.2, 0) is 27.4 Å². The molecule has 2 amide bonds. The second-order valence-electron chi connectivity index (χ2n) is 8.43. The molecular formula is C30H29NO6S. The fourth-order valence-electron chi connectivity index (χ4n) is 4.19. The van der Waals surface area contributed by atoms with E-state index in [1.54, 1.807) is 25.1 Å². The maximum absolute atomic E-state index is 12.9. The minimum absolute atomic E-state index is 0.173. The fourth-order valence-corrected chi connectivity index (χ4v) is 5.03. The van der Waals surface area contributed by atoms with Crippen LogP contribution >= 0.6 is 11.8 Å². The van der Waals surface area contributed by atoms with Crippen LogP contribution < -0.4 is 9.47 Å². The second-order valence-corrected chi connectivity index (χ2v) is 9.43. The van der Waals surface area contributed by atoms with Crippen LogP contribution in [-0.4, -0.2) is 41.8 Å². The van der Waals surface area contributed by atoms with Gasteiger partial charge >= 0.3 is 5.97 Å². The average Bonchev–Trinajstić information content (AvgIpc) is 3.16. The Bertz CT molecular complexity index is 1410. The van der Waals surface area contributed by atoms with E-state index in [1.165, 1.54) is 0 Å². The highest BCUT2D eigenvalue weighted by molar-refractivity contribution is 8.18. The Morgan fingerprint density at radius 2 is 1.79 bits per heavy atom. The van der Waals surface area contributed by atoms with Crippen molar-refractivity contribution in [3.8, 4) is 11.5 Å². The molecule has 7 nitrogen and oxygen atoms in total. The summed E-state index contributed by atoms with van der Waals surface area (Å²) in [4.78, 5) is 38.2. The first kappa shape index (κ1) is 27.0. The first-order valence-electron chi connectivity index (χ1n) is 12.4. The quantitative estimate of drug-likeness (QED) is 0.167. The van der Waals surface area contributed by atoms with Crippen LogP contribution in [0.5, 0.6) is 11.5 Å². The smallest absolute Gasteiger partial charge is 0.326 e. The predicted octanol–water partition coefficient (Wildman–Crippen LogP) is 6.15. The van der Waals surface area contributed by atoms with Gasteiger partial charge in [-0.2, -0.15) is 0 Å².